The quantitative estimate of drug-likeness (QED) is 0.269. The van der Waals surface area contributed by atoms with Crippen LogP contribution < -0.4 is 9.62 Å². The molecule has 2 aromatic heterocycles. The van der Waals surface area contributed by atoms with E-state index >= 15 is 0 Å². The van der Waals surface area contributed by atoms with Crippen LogP contribution in [0.3, 0.4) is 0 Å². The molecule has 0 radical (unpaired) electrons. The highest BCUT2D eigenvalue weighted by molar-refractivity contribution is 7.90. The fourth-order valence-electron chi connectivity index (χ4n) is 6.17. The Morgan fingerprint density at radius 2 is 1.93 bits per heavy atom. The number of anilines is 1. The molecule has 1 saturated heterocycles. The number of piperidine rings is 1. The van der Waals surface area contributed by atoms with E-state index in [1.165, 1.54) is 5.56 Å². The van der Waals surface area contributed by atoms with Gasteiger partial charge < -0.3 is 9.45 Å². The Morgan fingerprint density at radius 3 is 2.70 bits per heavy atom. The van der Waals surface area contributed by atoms with Gasteiger partial charge in [0, 0.05) is 53.4 Å². The molecular weight excluding hydrogens is 568 g/mol. The van der Waals surface area contributed by atoms with Crippen LogP contribution in [0.15, 0.2) is 48.8 Å². The van der Waals surface area contributed by atoms with Crippen LogP contribution in [0.25, 0.3) is 16.8 Å². The SMILES string of the molecule is Cc1nc(N2CCC3(Cc4ccc(F)cc4C3)C(N[S+]([O-])C(C)(C)C)C2)n2ccnc2c1-c1cccc(Cl)c1Cl. The Bertz CT molecular complexity index is 1610. The van der Waals surface area contributed by atoms with Gasteiger partial charge in [-0.25, -0.2) is 14.4 Å². The molecule has 3 heterocycles. The van der Waals surface area contributed by atoms with Gasteiger partial charge in [0.1, 0.15) is 16.2 Å². The van der Waals surface area contributed by atoms with Crippen LogP contribution in [0.1, 0.15) is 44.0 Å². The van der Waals surface area contributed by atoms with E-state index in [9.17, 15) is 8.94 Å². The minimum absolute atomic E-state index is 0.0977. The molecule has 1 aliphatic carbocycles. The number of nitrogens with zero attached hydrogens (tertiary/aromatic N) is 4. The van der Waals surface area contributed by atoms with Gasteiger partial charge in [-0.15, -0.1) is 4.72 Å². The van der Waals surface area contributed by atoms with Crippen molar-refractivity contribution in [3.05, 3.63) is 81.5 Å². The minimum Gasteiger partial charge on any atom is -0.598 e. The molecule has 4 aromatic rings. The molecule has 40 heavy (non-hydrogen) atoms. The Labute approximate surface area is 247 Å². The van der Waals surface area contributed by atoms with Crippen molar-refractivity contribution in [2.24, 2.45) is 5.41 Å². The first kappa shape index (κ1) is 27.8. The molecule has 3 unspecified atom stereocenters. The third-order valence-corrected chi connectivity index (χ3v) is 10.7. The predicted octanol–water partition coefficient (Wildman–Crippen LogP) is 6.57. The molecule has 1 spiro atoms. The largest absolute Gasteiger partial charge is 0.598 e. The maximum absolute atomic E-state index is 14.1. The van der Waals surface area contributed by atoms with Gasteiger partial charge in [0.15, 0.2) is 0 Å². The number of benzene rings is 2. The molecular formula is C30H32Cl2FN5OS. The summed E-state index contributed by atoms with van der Waals surface area (Å²) < 4.78 is 32.6. The summed E-state index contributed by atoms with van der Waals surface area (Å²) in [6, 6.07) is 10.6. The van der Waals surface area contributed by atoms with Crippen molar-refractivity contribution in [2.45, 2.75) is 57.7 Å². The molecule has 10 heteroatoms. The van der Waals surface area contributed by atoms with Gasteiger partial charge in [0.2, 0.25) is 5.95 Å². The van der Waals surface area contributed by atoms with Crippen LogP contribution in [-0.4, -0.2) is 42.8 Å². The first-order chi connectivity index (χ1) is 19.0. The van der Waals surface area contributed by atoms with Gasteiger partial charge in [-0.2, -0.15) is 0 Å². The number of halogens is 3. The van der Waals surface area contributed by atoms with Crippen molar-refractivity contribution < 1.29 is 8.94 Å². The molecule has 2 aromatic carbocycles. The van der Waals surface area contributed by atoms with E-state index in [1.807, 2.05) is 56.5 Å². The van der Waals surface area contributed by atoms with E-state index < -0.39 is 16.1 Å². The normalized spacial score (nSPS) is 21.8. The first-order valence-corrected chi connectivity index (χ1v) is 15.4. The predicted molar refractivity (Wildman–Crippen MR) is 161 cm³/mol. The molecule has 1 fully saturated rings. The summed E-state index contributed by atoms with van der Waals surface area (Å²) in [7, 11) is 0. The number of rotatable bonds is 4. The lowest BCUT2D eigenvalue weighted by molar-refractivity contribution is 0.179. The van der Waals surface area contributed by atoms with Crippen LogP contribution in [-0.2, 0) is 24.2 Å². The zero-order valence-corrected chi connectivity index (χ0v) is 25.3. The molecule has 0 bridgehead atoms. The maximum atomic E-state index is 14.1. The van der Waals surface area contributed by atoms with E-state index in [0.717, 1.165) is 59.8 Å². The summed E-state index contributed by atoms with van der Waals surface area (Å²) in [5.74, 6) is 0.565. The Balaban J connectivity index is 1.39. The number of aromatic nitrogens is 3. The molecule has 2 aliphatic rings. The average molecular weight is 601 g/mol. The Kier molecular flexibility index (Phi) is 7.07. The smallest absolute Gasteiger partial charge is 0.211 e. The summed E-state index contributed by atoms with van der Waals surface area (Å²) in [4.78, 5) is 12.0. The second-order valence-corrected chi connectivity index (χ2v) is 14.8. The molecule has 6 rings (SSSR count). The van der Waals surface area contributed by atoms with Gasteiger partial charge in [-0.1, -0.05) is 41.4 Å². The highest BCUT2D eigenvalue weighted by Crippen LogP contribution is 2.46. The number of aryl methyl sites for hydroxylation is 1. The van der Waals surface area contributed by atoms with Gasteiger partial charge in [-0.3, -0.25) is 4.40 Å². The molecule has 210 valence electrons. The van der Waals surface area contributed by atoms with Crippen molar-refractivity contribution in [1.82, 2.24) is 19.1 Å². The van der Waals surface area contributed by atoms with Crippen LogP contribution in [0.4, 0.5) is 10.3 Å². The summed E-state index contributed by atoms with van der Waals surface area (Å²) in [6.45, 7) is 9.25. The number of nitrogens with one attached hydrogen (secondary N) is 1. The van der Waals surface area contributed by atoms with E-state index in [0.29, 0.717) is 16.6 Å². The summed E-state index contributed by atoms with van der Waals surface area (Å²) in [5.41, 5.74) is 5.24. The maximum Gasteiger partial charge on any atom is 0.211 e. The Morgan fingerprint density at radius 1 is 1.15 bits per heavy atom. The molecule has 6 nitrogen and oxygen atoms in total. The van der Waals surface area contributed by atoms with Gasteiger partial charge >= 0.3 is 0 Å². The van der Waals surface area contributed by atoms with E-state index in [-0.39, 0.29) is 17.3 Å². The van der Waals surface area contributed by atoms with Gasteiger partial charge in [0.05, 0.1) is 21.8 Å². The van der Waals surface area contributed by atoms with Crippen molar-refractivity contribution in [3.63, 3.8) is 0 Å². The number of imidazole rings is 1. The number of hydrogen-bond donors (Lipinski definition) is 1. The van der Waals surface area contributed by atoms with Crippen LogP contribution in [0.5, 0.6) is 0 Å². The fourth-order valence-corrected chi connectivity index (χ4v) is 7.50. The Hall–Kier alpha value is -2.36. The highest BCUT2D eigenvalue weighted by Gasteiger charge is 2.50. The lowest BCUT2D eigenvalue weighted by Gasteiger charge is -2.47. The number of hydrogen-bond acceptors (Lipinski definition) is 5. The zero-order chi connectivity index (χ0) is 28.4. The van der Waals surface area contributed by atoms with E-state index in [2.05, 4.69) is 14.6 Å². The van der Waals surface area contributed by atoms with Crippen LogP contribution in [0.2, 0.25) is 10.0 Å². The molecule has 0 amide bonds. The first-order valence-electron chi connectivity index (χ1n) is 13.5. The topological polar surface area (TPSA) is 68.5 Å². The number of fused-ring (bicyclic) bond motifs is 2. The second kappa shape index (κ2) is 10.2. The van der Waals surface area contributed by atoms with Gasteiger partial charge in [-0.05, 0) is 76.3 Å². The summed E-state index contributed by atoms with van der Waals surface area (Å²) in [5, 5.41) is 0.949. The lowest BCUT2D eigenvalue weighted by atomic mass is 9.72. The molecule has 1 N–H and O–H groups in total. The molecule has 0 saturated carbocycles. The van der Waals surface area contributed by atoms with Crippen LogP contribution >= 0.6 is 23.2 Å². The summed E-state index contributed by atoms with van der Waals surface area (Å²) in [6.07, 6.45) is 6.11. The van der Waals surface area contributed by atoms with Gasteiger partial charge in [0.25, 0.3) is 0 Å². The molecule has 1 aliphatic heterocycles. The van der Waals surface area contributed by atoms with E-state index in [1.54, 1.807) is 24.4 Å². The van der Waals surface area contributed by atoms with Crippen LogP contribution in [0, 0.1) is 18.2 Å². The standard InChI is InChI=1S/C30H32Cl2FN5OS/c1-18-25(22-6-5-7-23(31)26(22)32)27-34-11-13-38(27)28(35-18)37-12-10-30(24(17-37)36-40(39)29(2,3)4)15-19-8-9-21(33)14-20(19)16-30/h5-9,11,13-14,24,36H,10,12,15-17H2,1-4H3. The van der Waals surface area contributed by atoms with Crippen molar-refractivity contribution in [2.75, 3.05) is 18.0 Å². The van der Waals surface area contributed by atoms with E-state index in [4.69, 9.17) is 28.2 Å². The highest BCUT2D eigenvalue weighted by atomic mass is 35.5. The minimum atomic E-state index is -1.27. The lowest BCUT2D eigenvalue weighted by Crippen LogP contribution is -2.61. The monoisotopic (exact) mass is 599 g/mol. The third-order valence-electron chi connectivity index (χ3n) is 8.29. The molecule has 3 atom stereocenters. The fraction of sp³-hybridized carbons (Fsp3) is 0.400. The third kappa shape index (κ3) is 4.77. The average Bonchev–Trinajstić information content (AvgIpc) is 3.51. The summed E-state index contributed by atoms with van der Waals surface area (Å²) >= 11 is 11.7. The zero-order valence-electron chi connectivity index (χ0n) is 23.0. The van der Waals surface area contributed by atoms with Crippen molar-refractivity contribution in [1.29, 1.82) is 0 Å². The van der Waals surface area contributed by atoms with Crippen molar-refractivity contribution in [3.8, 4) is 11.1 Å². The second-order valence-electron chi connectivity index (χ2n) is 12.0. The van der Waals surface area contributed by atoms with Crippen molar-refractivity contribution >= 4 is 46.2 Å².